The minimum Gasteiger partial charge on any atom is -0.493 e. The average Bonchev–Trinajstić information content (AvgIpc) is 3.55. The van der Waals surface area contributed by atoms with E-state index in [9.17, 15) is 4.79 Å². The number of benzene rings is 2. The van der Waals surface area contributed by atoms with Gasteiger partial charge in [-0.25, -0.2) is 9.97 Å². The molecule has 0 N–H and O–H groups in total. The Morgan fingerprint density at radius 1 is 1.06 bits per heavy atom. The highest BCUT2D eigenvalue weighted by Crippen LogP contribution is 2.39. The van der Waals surface area contributed by atoms with Gasteiger partial charge in [-0.3, -0.25) is 9.36 Å². The molecule has 2 aromatic carbocycles. The Labute approximate surface area is 200 Å². The zero-order valence-corrected chi connectivity index (χ0v) is 20.2. The molecule has 4 aromatic rings. The standard InChI is InChI=1S/C25H25N3O3S2/c1-30-21-13-7-11-19(22(21)31-2)23-26-16(14-32-23)15-33-25-27-20-12-6-5-10-18(20)24(29)28(25)17-8-3-4-9-17/h5-7,10-14,17H,3-4,8-9,15H2,1-2H3. The van der Waals surface area contributed by atoms with Gasteiger partial charge in [0, 0.05) is 17.2 Å². The van der Waals surface area contributed by atoms with Gasteiger partial charge in [0.2, 0.25) is 0 Å². The Morgan fingerprint density at radius 2 is 1.88 bits per heavy atom. The van der Waals surface area contributed by atoms with Gasteiger partial charge in [0.05, 0.1) is 36.4 Å². The third-order valence-electron chi connectivity index (χ3n) is 6.00. The largest absolute Gasteiger partial charge is 0.493 e. The average molecular weight is 480 g/mol. The number of thiazole rings is 1. The van der Waals surface area contributed by atoms with E-state index >= 15 is 0 Å². The number of thioether (sulfide) groups is 1. The van der Waals surface area contributed by atoms with Crippen molar-refractivity contribution in [2.24, 2.45) is 0 Å². The van der Waals surface area contributed by atoms with E-state index in [0.29, 0.717) is 22.6 Å². The second-order valence-electron chi connectivity index (χ2n) is 8.00. The molecule has 8 heteroatoms. The van der Waals surface area contributed by atoms with Gasteiger partial charge in [-0.15, -0.1) is 11.3 Å². The van der Waals surface area contributed by atoms with Gasteiger partial charge in [-0.1, -0.05) is 42.8 Å². The van der Waals surface area contributed by atoms with Crippen LogP contribution in [0.2, 0.25) is 0 Å². The predicted molar refractivity (Wildman–Crippen MR) is 134 cm³/mol. The first kappa shape index (κ1) is 22.0. The summed E-state index contributed by atoms with van der Waals surface area (Å²) < 4.78 is 12.9. The molecule has 1 saturated carbocycles. The number of fused-ring (bicyclic) bond motifs is 1. The summed E-state index contributed by atoms with van der Waals surface area (Å²) in [6, 6.07) is 13.6. The van der Waals surface area contributed by atoms with E-state index in [1.807, 2.05) is 47.0 Å². The second kappa shape index (κ2) is 9.57. The van der Waals surface area contributed by atoms with Crippen LogP contribution in [0.15, 0.2) is 57.8 Å². The number of hydrogen-bond donors (Lipinski definition) is 0. The molecule has 170 valence electrons. The maximum Gasteiger partial charge on any atom is 0.262 e. The molecule has 1 fully saturated rings. The lowest BCUT2D eigenvalue weighted by Crippen LogP contribution is -2.26. The van der Waals surface area contributed by atoms with E-state index in [4.69, 9.17) is 19.4 Å². The zero-order valence-electron chi connectivity index (χ0n) is 18.6. The van der Waals surface area contributed by atoms with Crippen LogP contribution in [0.5, 0.6) is 11.5 Å². The highest BCUT2D eigenvalue weighted by Gasteiger charge is 2.23. The van der Waals surface area contributed by atoms with Crippen LogP contribution in [0.3, 0.4) is 0 Å². The number of ether oxygens (including phenoxy) is 2. The predicted octanol–water partition coefficient (Wildman–Crippen LogP) is 5.94. The van der Waals surface area contributed by atoms with Crippen molar-refractivity contribution in [3.8, 4) is 22.1 Å². The SMILES string of the molecule is COc1cccc(-c2nc(CSc3nc4ccccc4c(=O)n3C3CCCC3)cs2)c1OC. The molecule has 2 aromatic heterocycles. The van der Waals surface area contributed by atoms with Crippen LogP contribution < -0.4 is 15.0 Å². The van der Waals surface area contributed by atoms with Crippen LogP contribution >= 0.6 is 23.1 Å². The van der Waals surface area contributed by atoms with Crippen LogP contribution in [-0.2, 0) is 5.75 Å². The van der Waals surface area contributed by atoms with Gasteiger partial charge in [0.1, 0.15) is 5.01 Å². The third kappa shape index (κ3) is 4.25. The smallest absolute Gasteiger partial charge is 0.262 e. The Bertz CT molecular complexity index is 1340. The molecule has 1 aliphatic carbocycles. The molecular formula is C25H25N3O3S2. The number of aromatic nitrogens is 3. The van der Waals surface area contributed by atoms with Crippen LogP contribution in [-0.4, -0.2) is 28.8 Å². The van der Waals surface area contributed by atoms with E-state index < -0.39 is 0 Å². The molecule has 1 aliphatic rings. The molecule has 0 atom stereocenters. The monoisotopic (exact) mass is 479 g/mol. The second-order valence-corrected chi connectivity index (χ2v) is 9.80. The lowest BCUT2D eigenvalue weighted by atomic mass is 10.2. The zero-order chi connectivity index (χ0) is 22.8. The van der Waals surface area contributed by atoms with E-state index in [0.717, 1.165) is 52.6 Å². The van der Waals surface area contributed by atoms with Crippen molar-refractivity contribution in [3.63, 3.8) is 0 Å². The molecular weight excluding hydrogens is 454 g/mol. The summed E-state index contributed by atoms with van der Waals surface area (Å²) in [5.74, 6) is 2.00. The fraction of sp³-hybridized carbons (Fsp3) is 0.320. The van der Waals surface area contributed by atoms with Gasteiger partial charge >= 0.3 is 0 Å². The number of rotatable bonds is 7. The molecule has 2 heterocycles. The molecule has 0 bridgehead atoms. The number of hydrogen-bond acceptors (Lipinski definition) is 7. The van der Waals surface area contributed by atoms with E-state index in [1.165, 1.54) is 0 Å². The number of nitrogens with zero attached hydrogens (tertiary/aromatic N) is 3. The summed E-state index contributed by atoms with van der Waals surface area (Å²) in [6.45, 7) is 0. The van der Waals surface area contributed by atoms with Gasteiger partial charge in [0.25, 0.3) is 5.56 Å². The molecule has 5 rings (SSSR count). The Balaban J connectivity index is 1.45. The normalized spacial score (nSPS) is 14.1. The number of para-hydroxylation sites is 2. The summed E-state index contributed by atoms with van der Waals surface area (Å²) in [6.07, 6.45) is 4.38. The van der Waals surface area contributed by atoms with Crippen LogP contribution in [0, 0.1) is 0 Å². The molecule has 0 aliphatic heterocycles. The molecule has 0 spiro atoms. The first-order valence-corrected chi connectivity index (χ1v) is 12.9. The molecule has 0 saturated heterocycles. The fourth-order valence-corrected chi connectivity index (χ4v) is 6.31. The maximum absolute atomic E-state index is 13.3. The molecule has 6 nitrogen and oxygen atoms in total. The lowest BCUT2D eigenvalue weighted by molar-refractivity contribution is 0.356. The summed E-state index contributed by atoms with van der Waals surface area (Å²) in [5, 5.41) is 4.40. The first-order chi connectivity index (χ1) is 16.2. The molecule has 0 radical (unpaired) electrons. The van der Waals surface area contributed by atoms with E-state index in [1.54, 1.807) is 37.3 Å². The Hall–Kier alpha value is -2.84. The Kier molecular flexibility index (Phi) is 6.37. The first-order valence-electron chi connectivity index (χ1n) is 11.0. The Morgan fingerprint density at radius 3 is 2.67 bits per heavy atom. The van der Waals surface area contributed by atoms with E-state index in [2.05, 4.69) is 5.38 Å². The maximum atomic E-state index is 13.3. The summed E-state index contributed by atoms with van der Waals surface area (Å²) in [4.78, 5) is 23.1. The minimum atomic E-state index is 0.0649. The fourth-order valence-electron chi connectivity index (χ4n) is 4.40. The van der Waals surface area contributed by atoms with Gasteiger partial charge in [-0.2, -0.15) is 0 Å². The van der Waals surface area contributed by atoms with Crippen molar-refractivity contribution in [1.82, 2.24) is 14.5 Å². The number of methoxy groups -OCH3 is 2. The van der Waals surface area contributed by atoms with Crippen molar-refractivity contribution in [2.75, 3.05) is 14.2 Å². The van der Waals surface area contributed by atoms with Crippen molar-refractivity contribution in [2.45, 2.75) is 42.6 Å². The molecule has 0 amide bonds. The van der Waals surface area contributed by atoms with Crippen molar-refractivity contribution in [1.29, 1.82) is 0 Å². The minimum absolute atomic E-state index is 0.0649. The van der Waals surface area contributed by atoms with Crippen LogP contribution in [0.1, 0.15) is 37.4 Å². The van der Waals surface area contributed by atoms with Crippen LogP contribution in [0.25, 0.3) is 21.5 Å². The van der Waals surface area contributed by atoms with Gasteiger partial charge in [0.15, 0.2) is 16.7 Å². The molecule has 0 unspecified atom stereocenters. The highest BCUT2D eigenvalue weighted by atomic mass is 32.2. The van der Waals surface area contributed by atoms with Crippen molar-refractivity contribution >= 4 is 34.0 Å². The summed E-state index contributed by atoms with van der Waals surface area (Å²) >= 11 is 3.15. The van der Waals surface area contributed by atoms with Gasteiger partial charge < -0.3 is 9.47 Å². The summed E-state index contributed by atoms with van der Waals surface area (Å²) in [7, 11) is 3.27. The third-order valence-corrected chi connectivity index (χ3v) is 7.91. The topological polar surface area (TPSA) is 66.2 Å². The van der Waals surface area contributed by atoms with Crippen molar-refractivity contribution < 1.29 is 9.47 Å². The van der Waals surface area contributed by atoms with Gasteiger partial charge in [-0.05, 0) is 37.1 Å². The summed E-state index contributed by atoms with van der Waals surface area (Å²) in [5.41, 5.74) is 2.67. The quantitative estimate of drug-likeness (QED) is 0.241. The van der Waals surface area contributed by atoms with Crippen molar-refractivity contribution in [3.05, 3.63) is 63.9 Å². The molecule has 33 heavy (non-hydrogen) atoms. The lowest BCUT2D eigenvalue weighted by Gasteiger charge is -2.18. The highest BCUT2D eigenvalue weighted by molar-refractivity contribution is 7.98. The van der Waals surface area contributed by atoms with E-state index in [-0.39, 0.29) is 11.6 Å². The van der Waals surface area contributed by atoms with Crippen LogP contribution in [0.4, 0.5) is 0 Å².